The fourth-order valence-electron chi connectivity index (χ4n) is 3.44. The minimum Gasteiger partial charge on any atom is -0.319 e. The lowest BCUT2D eigenvalue weighted by molar-refractivity contribution is 0.102. The number of hydrogen-bond acceptors (Lipinski definition) is 4. The molecule has 0 saturated heterocycles. The number of nitrogens with zero attached hydrogens (tertiary/aromatic N) is 5. The maximum Gasteiger partial charge on any atom is 0.280 e. The van der Waals surface area contributed by atoms with E-state index in [1.165, 1.54) is 12.3 Å². The van der Waals surface area contributed by atoms with Crippen molar-refractivity contribution in [2.24, 2.45) is 0 Å². The zero-order valence-electron chi connectivity index (χ0n) is 16.2. The summed E-state index contributed by atoms with van der Waals surface area (Å²) < 4.78 is 29.9. The fraction of sp³-hybridized carbons (Fsp3) is 0.474. The van der Waals surface area contributed by atoms with E-state index in [4.69, 9.17) is 0 Å². The third-order valence-electron chi connectivity index (χ3n) is 5.04. The Kier molecular flexibility index (Phi) is 4.40. The van der Waals surface area contributed by atoms with Crippen LogP contribution in [0.25, 0.3) is 5.65 Å². The van der Waals surface area contributed by atoms with Crippen LogP contribution >= 0.6 is 0 Å². The van der Waals surface area contributed by atoms with Crippen molar-refractivity contribution < 1.29 is 13.6 Å². The predicted octanol–water partition coefficient (Wildman–Crippen LogP) is 4.19. The Hall–Kier alpha value is -2.84. The molecule has 3 heterocycles. The molecule has 1 N–H and O–H groups in total. The average Bonchev–Trinajstić information content (AvgIpc) is 3.34. The molecule has 1 aliphatic rings. The number of fused-ring (bicyclic) bond motifs is 1. The maximum absolute atomic E-state index is 13.5. The third-order valence-corrected chi connectivity index (χ3v) is 5.04. The number of aryl methyl sites for hydroxylation is 1. The van der Waals surface area contributed by atoms with E-state index in [1.54, 1.807) is 0 Å². The van der Waals surface area contributed by atoms with Crippen molar-refractivity contribution in [1.29, 1.82) is 0 Å². The Morgan fingerprint density at radius 2 is 2.00 bits per heavy atom. The van der Waals surface area contributed by atoms with E-state index in [1.807, 2.05) is 32.4 Å². The monoisotopic (exact) mass is 388 g/mol. The molecule has 0 aliphatic heterocycles. The van der Waals surface area contributed by atoms with Gasteiger partial charge < -0.3 is 5.32 Å². The molecule has 1 aliphatic carbocycles. The van der Waals surface area contributed by atoms with Crippen LogP contribution in [-0.2, 0) is 0 Å². The normalized spacial score (nSPS) is 14.4. The van der Waals surface area contributed by atoms with Gasteiger partial charge in [-0.05, 0) is 46.6 Å². The van der Waals surface area contributed by atoms with Crippen molar-refractivity contribution in [2.75, 3.05) is 5.32 Å². The zero-order chi connectivity index (χ0) is 20.2. The van der Waals surface area contributed by atoms with Gasteiger partial charge in [0.25, 0.3) is 12.3 Å². The number of anilines is 1. The number of carbonyl (C=O) groups is 1. The lowest BCUT2D eigenvalue weighted by Crippen LogP contribution is -2.14. The molecule has 0 spiro atoms. The van der Waals surface area contributed by atoms with Gasteiger partial charge in [-0.2, -0.15) is 10.2 Å². The van der Waals surface area contributed by atoms with Crippen LogP contribution < -0.4 is 5.32 Å². The van der Waals surface area contributed by atoms with Gasteiger partial charge in [0.2, 0.25) is 0 Å². The maximum atomic E-state index is 13.5. The summed E-state index contributed by atoms with van der Waals surface area (Å²) >= 11 is 0. The number of amides is 1. The first-order valence-corrected chi connectivity index (χ1v) is 9.31. The highest BCUT2D eigenvalue weighted by Gasteiger charge is 2.29. The van der Waals surface area contributed by atoms with Crippen LogP contribution in [-0.4, -0.2) is 30.3 Å². The second-order valence-electron chi connectivity index (χ2n) is 7.51. The topological polar surface area (TPSA) is 77.1 Å². The molecule has 148 valence electrons. The summed E-state index contributed by atoms with van der Waals surface area (Å²) in [6, 6.07) is 1.54. The van der Waals surface area contributed by atoms with Crippen LogP contribution in [0.3, 0.4) is 0 Å². The first-order chi connectivity index (χ1) is 13.3. The molecule has 28 heavy (non-hydrogen) atoms. The van der Waals surface area contributed by atoms with E-state index >= 15 is 0 Å². The zero-order valence-corrected chi connectivity index (χ0v) is 16.2. The standard InChI is InChI=1S/C19H22F2N6O/c1-9(2)26-11(4)16(10(3)25-26)24-19(28)13-8-22-27-15(17(20)21)7-14(12-5-6-12)23-18(13)27/h7-9,12,17H,5-6H2,1-4H3,(H,24,28). The molecular formula is C19H22F2N6O. The minimum atomic E-state index is -2.70. The van der Waals surface area contributed by atoms with E-state index in [9.17, 15) is 13.6 Å². The lowest BCUT2D eigenvalue weighted by atomic mass is 10.2. The molecule has 0 aromatic carbocycles. The highest BCUT2D eigenvalue weighted by Crippen LogP contribution is 2.40. The summed E-state index contributed by atoms with van der Waals surface area (Å²) in [6.45, 7) is 7.71. The van der Waals surface area contributed by atoms with Crippen molar-refractivity contribution in [3.8, 4) is 0 Å². The third kappa shape index (κ3) is 3.04. The fourth-order valence-corrected chi connectivity index (χ4v) is 3.44. The van der Waals surface area contributed by atoms with Crippen molar-refractivity contribution in [1.82, 2.24) is 24.4 Å². The number of carbonyl (C=O) groups excluding carboxylic acids is 1. The van der Waals surface area contributed by atoms with Crippen molar-refractivity contribution >= 4 is 17.2 Å². The van der Waals surface area contributed by atoms with Crippen LogP contribution in [0, 0.1) is 13.8 Å². The van der Waals surface area contributed by atoms with Gasteiger partial charge in [-0.15, -0.1) is 0 Å². The van der Waals surface area contributed by atoms with Crippen molar-refractivity contribution in [2.45, 2.75) is 58.9 Å². The molecule has 0 unspecified atom stereocenters. The number of hydrogen-bond donors (Lipinski definition) is 1. The molecule has 7 nitrogen and oxygen atoms in total. The number of halogens is 2. The van der Waals surface area contributed by atoms with E-state index in [2.05, 4.69) is 20.5 Å². The highest BCUT2D eigenvalue weighted by atomic mass is 19.3. The van der Waals surface area contributed by atoms with Gasteiger partial charge in [0.15, 0.2) is 5.65 Å². The van der Waals surface area contributed by atoms with Crippen LogP contribution in [0.4, 0.5) is 14.5 Å². The predicted molar refractivity (Wildman–Crippen MR) is 100.0 cm³/mol. The second-order valence-corrected chi connectivity index (χ2v) is 7.51. The van der Waals surface area contributed by atoms with Crippen LogP contribution in [0.15, 0.2) is 12.3 Å². The first kappa shape index (κ1) is 18.5. The number of rotatable bonds is 5. The van der Waals surface area contributed by atoms with E-state index in [0.717, 1.165) is 23.1 Å². The molecular weight excluding hydrogens is 366 g/mol. The Morgan fingerprint density at radius 3 is 2.57 bits per heavy atom. The Morgan fingerprint density at radius 1 is 1.29 bits per heavy atom. The summed E-state index contributed by atoms with van der Waals surface area (Å²) in [7, 11) is 0. The number of nitrogens with one attached hydrogen (secondary N) is 1. The van der Waals surface area contributed by atoms with Gasteiger partial charge in [0.1, 0.15) is 11.3 Å². The van der Waals surface area contributed by atoms with Gasteiger partial charge in [0, 0.05) is 17.7 Å². The van der Waals surface area contributed by atoms with Gasteiger partial charge >= 0.3 is 0 Å². The van der Waals surface area contributed by atoms with Crippen molar-refractivity contribution in [3.63, 3.8) is 0 Å². The van der Waals surface area contributed by atoms with Crippen LogP contribution in [0.1, 0.15) is 78.2 Å². The number of alkyl halides is 2. The summed E-state index contributed by atoms with van der Waals surface area (Å²) in [5.41, 5.74) is 2.81. The smallest absolute Gasteiger partial charge is 0.280 e. The summed E-state index contributed by atoms with van der Waals surface area (Å²) in [6.07, 6.45) is 0.438. The van der Waals surface area contributed by atoms with Gasteiger partial charge in [-0.1, -0.05) is 0 Å². The molecule has 1 amide bonds. The van der Waals surface area contributed by atoms with E-state index in [-0.39, 0.29) is 28.9 Å². The van der Waals surface area contributed by atoms with Crippen LogP contribution in [0.2, 0.25) is 0 Å². The van der Waals surface area contributed by atoms with Crippen molar-refractivity contribution in [3.05, 3.63) is 40.6 Å². The second kappa shape index (κ2) is 6.65. The van der Waals surface area contributed by atoms with Gasteiger partial charge in [0.05, 0.1) is 23.3 Å². The highest BCUT2D eigenvalue weighted by molar-refractivity contribution is 6.08. The van der Waals surface area contributed by atoms with Gasteiger partial charge in [-0.25, -0.2) is 18.3 Å². The van der Waals surface area contributed by atoms with E-state index < -0.39 is 12.3 Å². The molecule has 1 fully saturated rings. The largest absolute Gasteiger partial charge is 0.319 e. The first-order valence-electron chi connectivity index (χ1n) is 9.31. The molecule has 0 bridgehead atoms. The molecule has 0 radical (unpaired) electrons. The minimum absolute atomic E-state index is 0.151. The summed E-state index contributed by atoms with van der Waals surface area (Å²) in [5, 5.41) is 11.3. The lowest BCUT2D eigenvalue weighted by Gasteiger charge is -2.10. The Bertz CT molecular complexity index is 1060. The van der Waals surface area contributed by atoms with Crippen LogP contribution in [0.5, 0.6) is 0 Å². The molecule has 3 aromatic heterocycles. The Labute approximate surface area is 160 Å². The van der Waals surface area contributed by atoms with E-state index in [0.29, 0.717) is 17.1 Å². The summed E-state index contributed by atoms with van der Waals surface area (Å²) in [4.78, 5) is 17.4. The Balaban J connectivity index is 1.74. The molecule has 4 rings (SSSR count). The molecule has 9 heteroatoms. The average molecular weight is 388 g/mol. The SMILES string of the molecule is Cc1nn(C(C)C)c(C)c1NC(=O)c1cnn2c(C(F)F)cc(C3CC3)nc12. The molecule has 0 atom stereocenters. The molecule has 3 aromatic rings. The van der Waals surface area contributed by atoms with Gasteiger partial charge in [-0.3, -0.25) is 9.48 Å². The number of aromatic nitrogens is 5. The quantitative estimate of drug-likeness (QED) is 0.711. The summed E-state index contributed by atoms with van der Waals surface area (Å²) in [5.74, 6) is -0.257. The molecule has 1 saturated carbocycles.